The van der Waals surface area contributed by atoms with Crippen LogP contribution in [0.2, 0.25) is 0 Å². The van der Waals surface area contributed by atoms with E-state index in [2.05, 4.69) is 10.3 Å². The highest BCUT2D eigenvalue weighted by atomic mass is 35.5. The number of rotatable bonds is 7. The number of nitrogens with zero attached hydrogens (tertiary/aromatic N) is 1. The number of esters is 1. The Labute approximate surface area is 209 Å². The Kier molecular flexibility index (Phi) is 7.17. The van der Waals surface area contributed by atoms with Crippen LogP contribution >= 0.6 is 11.6 Å². The van der Waals surface area contributed by atoms with Crippen LogP contribution in [0.15, 0.2) is 48.7 Å². The van der Waals surface area contributed by atoms with Gasteiger partial charge in [-0.3, -0.25) is 4.79 Å². The van der Waals surface area contributed by atoms with Gasteiger partial charge >= 0.3 is 5.97 Å². The quantitative estimate of drug-likeness (QED) is 0.250. The third kappa shape index (κ3) is 5.05. The van der Waals surface area contributed by atoms with E-state index in [0.29, 0.717) is 23.7 Å². The van der Waals surface area contributed by atoms with Gasteiger partial charge in [-0.15, -0.1) is 11.6 Å². The summed E-state index contributed by atoms with van der Waals surface area (Å²) in [6.45, 7) is 7.11. The van der Waals surface area contributed by atoms with Crippen molar-refractivity contribution in [2.24, 2.45) is 0 Å². The second-order valence-electron chi connectivity index (χ2n) is 9.19. The van der Waals surface area contributed by atoms with E-state index in [-0.39, 0.29) is 18.1 Å². The smallest absolute Gasteiger partial charge is 0.341 e. The van der Waals surface area contributed by atoms with Gasteiger partial charge in [0.2, 0.25) is 0 Å². The molecule has 1 aliphatic heterocycles. The van der Waals surface area contributed by atoms with Crippen molar-refractivity contribution in [3.63, 3.8) is 0 Å². The normalized spacial score (nSPS) is 14.8. The molecular weight excluding hydrogens is 469 g/mol. The van der Waals surface area contributed by atoms with Crippen LogP contribution in [-0.4, -0.2) is 47.3 Å². The number of anilines is 1. The molecule has 0 saturated carbocycles. The van der Waals surface area contributed by atoms with E-state index in [9.17, 15) is 14.0 Å². The van der Waals surface area contributed by atoms with Gasteiger partial charge in [-0.25, -0.2) is 9.18 Å². The Bertz CT molecular complexity index is 1280. The first-order valence-electron chi connectivity index (χ1n) is 11.7. The molecule has 2 aromatic carbocycles. The van der Waals surface area contributed by atoms with Crippen molar-refractivity contribution in [3.8, 4) is 0 Å². The van der Waals surface area contributed by atoms with Gasteiger partial charge in [0.15, 0.2) is 0 Å². The standard InChI is InChI=1S/C27H29ClFN3O3/c1-4-35-26(34)21-15-32(25(33)17-6-8-18(29)9-7-17)16-27(2,3)23-20-11-10-19(30-13-5-12-28)14-22(20)31-24(21)23/h6-11,14-15,30-31H,4-5,12-13,16H2,1-3H3. The third-order valence-corrected chi connectivity index (χ3v) is 6.35. The molecule has 1 aromatic heterocycles. The van der Waals surface area contributed by atoms with E-state index in [1.54, 1.807) is 13.1 Å². The fourth-order valence-corrected chi connectivity index (χ4v) is 4.67. The molecule has 2 heterocycles. The van der Waals surface area contributed by atoms with Crippen molar-refractivity contribution in [3.05, 3.63) is 71.3 Å². The lowest BCUT2D eigenvalue weighted by Crippen LogP contribution is -2.36. The Morgan fingerprint density at radius 2 is 1.94 bits per heavy atom. The molecule has 1 amide bonds. The molecule has 0 saturated heterocycles. The minimum absolute atomic E-state index is 0.204. The Morgan fingerprint density at radius 1 is 1.20 bits per heavy atom. The average Bonchev–Trinajstić information content (AvgIpc) is 3.16. The molecule has 1 aliphatic rings. The van der Waals surface area contributed by atoms with Crippen LogP contribution in [0, 0.1) is 5.82 Å². The lowest BCUT2D eigenvalue weighted by molar-refractivity contribution is -0.136. The van der Waals surface area contributed by atoms with Crippen molar-refractivity contribution in [1.29, 1.82) is 0 Å². The number of aromatic amines is 1. The number of aromatic nitrogens is 1. The summed E-state index contributed by atoms with van der Waals surface area (Å²) in [6.07, 6.45) is 2.40. The number of carbonyl (C=O) groups is 2. The van der Waals surface area contributed by atoms with E-state index in [1.807, 2.05) is 32.0 Å². The van der Waals surface area contributed by atoms with Crippen molar-refractivity contribution < 1.29 is 18.7 Å². The largest absolute Gasteiger partial charge is 0.462 e. The van der Waals surface area contributed by atoms with Crippen LogP contribution in [0.25, 0.3) is 16.5 Å². The van der Waals surface area contributed by atoms with Gasteiger partial charge < -0.3 is 19.9 Å². The van der Waals surface area contributed by atoms with Gasteiger partial charge in [-0.1, -0.05) is 19.9 Å². The molecule has 0 radical (unpaired) electrons. The molecule has 0 unspecified atom stereocenters. The van der Waals surface area contributed by atoms with E-state index in [1.165, 1.54) is 29.2 Å². The molecule has 0 bridgehead atoms. The number of halogens is 2. The van der Waals surface area contributed by atoms with E-state index >= 15 is 0 Å². The van der Waals surface area contributed by atoms with E-state index in [4.69, 9.17) is 16.3 Å². The summed E-state index contributed by atoms with van der Waals surface area (Å²) in [5.74, 6) is -0.671. The first-order chi connectivity index (χ1) is 16.7. The molecule has 0 atom stereocenters. The molecule has 0 aliphatic carbocycles. The summed E-state index contributed by atoms with van der Waals surface area (Å²) in [4.78, 5) is 31.4. The number of fused-ring (bicyclic) bond motifs is 3. The second-order valence-corrected chi connectivity index (χ2v) is 9.57. The van der Waals surface area contributed by atoms with E-state index in [0.717, 1.165) is 35.1 Å². The Hall–Kier alpha value is -3.32. The molecule has 3 aromatic rings. The molecule has 184 valence electrons. The maximum atomic E-state index is 13.4. The number of ether oxygens (including phenoxy) is 1. The number of benzene rings is 2. The molecular formula is C27H29ClFN3O3. The molecule has 8 heteroatoms. The Balaban J connectivity index is 1.82. The van der Waals surface area contributed by atoms with Crippen LogP contribution in [0.1, 0.15) is 48.8 Å². The highest BCUT2D eigenvalue weighted by Gasteiger charge is 2.37. The molecule has 2 N–H and O–H groups in total. The summed E-state index contributed by atoms with van der Waals surface area (Å²) in [7, 11) is 0. The monoisotopic (exact) mass is 497 g/mol. The van der Waals surface area contributed by atoms with Gasteiger partial charge in [0.05, 0.1) is 17.9 Å². The predicted octanol–water partition coefficient (Wildman–Crippen LogP) is 5.69. The topological polar surface area (TPSA) is 74.4 Å². The zero-order chi connectivity index (χ0) is 25.2. The molecule has 0 fully saturated rings. The number of hydrogen-bond acceptors (Lipinski definition) is 4. The van der Waals surface area contributed by atoms with Gasteiger partial charge in [0.25, 0.3) is 5.91 Å². The van der Waals surface area contributed by atoms with Crippen LogP contribution in [0.4, 0.5) is 10.1 Å². The molecule has 6 nitrogen and oxygen atoms in total. The zero-order valence-electron chi connectivity index (χ0n) is 20.1. The summed E-state index contributed by atoms with van der Waals surface area (Å²) in [5, 5.41) is 4.33. The molecule has 35 heavy (non-hydrogen) atoms. The van der Waals surface area contributed by atoms with Crippen molar-refractivity contribution in [2.75, 3.05) is 30.9 Å². The molecule has 4 rings (SSSR count). The fourth-order valence-electron chi connectivity index (χ4n) is 4.54. The van der Waals surface area contributed by atoms with E-state index < -0.39 is 17.2 Å². The number of hydrogen-bond donors (Lipinski definition) is 2. The SMILES string of the molecule is CCOC(=O)C1=CN(C(=O)c2ccc(F)cc2)CC(C)(C)c2c1[nH]c1cc(NCCCCl)ccc21. The maximum Gasteiger partial charge on any atom is 0.341 e. The Morgan fingerprint density at radius 3 is 2.63 bits per heavy atom. The summed E-state index contributed by atoms with van der Waals surface area (Å²) in [6, 6.07) is 11.4. The average molecular weight is 498 g/mol. The highest BCUT2D eigenvalue weighted by molar-refractivity contribution is 6.19. The van der Waals surface area contributed by atoms with Gasteiger partial charge in [-0.2, -0.15) is 0 Å². The van der Waals surface area contributed by atoms with Crippen molar-refractivity contribution in [2.45, 2.75) is 32.6 Å². The lowest BCUT2D eigenvalue weighted by Gasteiger charge is -2.29. The maximum absolute atomic E-state index is 13.4. The summed E-state index contributed by atoms with van der Waals surface area (Å²) in [5.41, 5.74) is 3.51. The van der Waals surface area contributed by atoms with Gasteiger partial charge in [0, 0.05) is 52.7 Å². The highest BCUT2D eigenvalue weighted by Crippen LogP contribution is 2.41. The van der Waals surface area contributed by atoms with Crippen LogP contribution in [-0.2, 0) is 14.9 Å². The number of carbonyl (C=O) groups excluding carboxylic acids is 2. The number of amides is 1. The minimum Gasteiger partial charge on any atom is -0.462 e. The van der Waals surface area contributed by atoms with Crippen molar-refractivity contribution in [1.82, 2.24) is 9.88 Å². The number of alkyl halides is 1. The van der Waals surface area contributed by atoms with Gasteiger partial charge in [0.1, 0.15) is 5.82 Å². The predicted molar refractivity (Wildman–Crippen MR) is 137 cm³/mol. The second kappa shape index (κ2) is 10.1. The number of nitrogens with one attached hydrogen (secondary N) is 2. The van der Waals surface area contributed by atoms with Crippen LogP contribution in [0.3, 0.4) is 0 Å². The zero-order valence-corrected chi connectivity index (χ0v) is 20.8. The summed E-state index contributed by atoms with van der Waals surface area (Å²) >= 11 is 5.79. The number of H-pyrrole nitrogens is 1. The van der Waals surface area contributed by atoms with Crippen molar-refractivity contribution >= 4 is 45.6 Å². The minimum atomic E-state index is -0.518. The lowest BCUT2D eigenvalue weighted by atomic mass is 9.81. The molecule has 0 spiro atoms. The van der Waals surface area contributed by atoms with Gasteiger partial charge in [-0.05, 0) is 55.3 Å². The summed E-state index contributed by atoms with van der Waals surface area (Å²) < 4.78 is 18.8. The first-order valence-corrected chi connectivity index (χ1v) is 12.2. The fraction of sp³-hybridized carbons (Fsp3) is 0.333. The van der Waals surface area contributed by atoms with Crippen LogP contribution < -0.4 is 5.32 Å². The third-order valence-electron chi connectivity index (χ3n) is 6.08. The van der Waals surface area contributed by atoms with Crippen LogP contribution in [0.5, 0.6) is 0 Å². The first kappa shape index (κ1) is 24.8.